The smallest absolute Gasteiger partial charge is 0.256 e. The van der Waals surface area contributed by atoms with E-state index in [-0.39, 0.29) is 5.91 Å². The summed E-state index contributed by atoms with van der Waals surface area (Å²) in [5.74, 6) is 1.04. The predicted octanol–water partition coefficient (Wildman–Crippen LogP) is 6.01. The molecule has 0 aliphatic rings. The fraction of sp³-hybridized carbons (Fsp3) is 0.182. The van der Waals surface area contributed by atoms with Gasteiger partial charge in [0.05, 0.1) is 11.9 Å². The zero-order valence-corrected chi connectivity index (χ0v) is 16.5. The highest BCUT2D eigenvalue weighted by molar-refractivity contribution is 6.30. The molecular formula is C22H21ClN2O2. The van der Waals surface area contributed by atoms with Crippen LogP contribution in [0.2, 0.25) is 5.02 Å². The Hall–Kier alpha value is -2.85. The number of aromatic nitrogens is 1. The van der Waals surface area contributed by atoms with Gasteiger partial charge >= 0.3 is 0 Å². The van der Waals surface area contributed by atoms with E-state index in [4.69, 9.17) is 16.3 Å². The Morgan fingerprint density at radius 2 is 1.67 bits per heavy atom. The quantitative estimate of drug-likeness (QED) is 0.602. The summed E-state index contributed by atoms with van der Waals surface area (Å²) in [6.45, 7) is 7.67. The number of nitrogens with zero attached hydrogens (tertiary/aromatic N) is 1. The number of halogens is 1. The third kappa shape index (κ3) is 4.29. The average Bonchev–Trinajstić information content (AvgIpc) is 2.59. The lowest BCUT2D eigenvalue weighted by molar-refractivity contribution is 0.102. The van der Waals surface area contributed by atoms with Crippen molar-refractivity contribution in [1.82, 2.24) is 4.98 Å². The van der Waals surface area contributed by atoms with Crippen molar-refractivity contribution in [3.05, 3.63) is 81.5 Å². The normalized spacial score (nSPS) is 10.6. The van der Waals surface area contributed by atoms with E-state index in [1.165, 1.54) is 0 Å². The number of hydrogen-bond donors (Lipinski definition) is 1. The SMILES string of the molecule is Cc1cc(Cl)ccc1Oc1ncc(NC(=O)c2c(C)cccc2C)cc1C. The van der Waals surface area contributed by atoms with Gasteiger partial charge < -0.3 is 10.1 Å². The fourth-order valence-corrected chi connectivity index (χ4v) is 3.16. The summed E-state index contributed by atoms with van der Waals surface area (Å²) >= 11 is 5.98. The van der Waals surface area contributed by atoms with E-state index in [1.54, 1.807) is 12.3 Å². The summed E-state index contributed by atoms with van der Waals surface area (Å²) in [4.78, 5) is 17.0. The number of rotatable bonds is 4. The van der Waals surface area contributed by atoms with Gasteiger partial charge in [-0.25, -0.2) is 4.98 Å². The molecule has 0 spiro atoms. The molecule has 0 aliphatic carbocycles. The summed E-state index contributed by atoms with van der Waals surface area (Å²) < 4.78 is 5.90. The average molecular weight is 381 g/mol. The van der Waals surface area contributed by atoms with E-state index in [1.807, 2.05) is 64.1 Å². The van der Waals surface area contributed by atoms with Crippen molar-refractivity contribution in [1.29, 1.82) is 0 Å². The van der Waals surface area contributed by atoms with Gasteiger partial charge in [-0.15, -0.1) is 0 Å². The van der Waals surface area contributed by atoms with Gasteiger partial charge in [0, 0.05) is 16.1 Å². The van der Waals surface area contributed by atoms with Gasteiger partial charge in [-0.2, -0.15) is 0 Å². The third-order valence-corrected chi connectivity index (χ3v) is 4.58. The minimum Gasteiger partial charge on any atom is -0.438 e. The minimum absolute atomic E-state index is 0.144. The van der Waals surface area contributed by atoms with Gasteiger partial charge in [0.2, 0.25) is 5.88 Å². The standard InChI is InChI=1S/C22H21ClN2O2/c1-13-6-5-7-14(2)20(13)21(26)25-18-11-16(4)22(24-12-18)27-19-9-8-17(23)10-15(19)3/h5-12H,1-4H3,(H,25,26). The molecule has 0 saturated heterocycles. The summed E-state index contributed by atoms with van der Waals surface area (Å²) in [6, 6.07) is 13.1. The van der Waals surface area contributed by atoms with E-state index in [2.05, 4.69) is 10.3 Å². The highest BCUT2D eigenvalue weighted by Crippen LogP contribution is 2.29. The summed E-state index contributed by atoms with van der Waals surface area (Å²) in [5, 5.41) is 3.58. The molecule has 3 aromatic rings. The van der Waals surface area contributed by atoms with Crippen LogP contribution < -0.4 is 10.1 Å². The molecule has 1 aromatic heterocycles. The lowest BCUT2D eigenvalue weighted by Gasteiger charge is -2.13. The molecule has 0 saturated carbocycles. The lowest BCUT2D eigenvalue weighted by Crippen LogP contribution is -2.15. The van der Waals surface area contributed by atoms with Gasteiger partial charge in [0.1, 0.15) is 5.75 Å². The predicted molar refractivity (Wildman–Crippen MR) is 109 cm³/mol. The molecule has 1 amide bonds. The highest BCUT2D eigenvalue weighted by Gasteiger charge is 2.13. The maximum Gasteiger partial charge on any atom is 0.256 e. The van der Waals surface area contributed by atoms with Crippen molar-refractivity contribution in [2.45, 2.75) is 27.7 Å². The maximum absolute atomic E-state index is 12.6. The van der Waals surface area contributed by atoms with Crippen LogP contribution in [-0.2, 0) is 0 Å². The van der Waals surface area contributed by atoms with Gasteiger partial charge in [-0.05, 0) is 68.7 Å². The number of nitrogens with one attached hydrogen (secondary N) is 1. The van der Waals surface area contributed by atoms with Crippen molar-refractivity contribution in [3.63, 3.8) is 0 Å². The Morgan fingerprint density at radius 1 is 0.963 bits per heavy atom. The van der Waals surface area contributed by atoms with E-state index >= 15 is 0 Å². The molecule has 3 rings (SSSR count). The molecule has 0 unspecified atom stereocenters. The van der Waals surface area contributed by atoms with E-state index < -0.39 is 0 Å². The number of carbonyl (C=O) groups is 1. The van der Waals surface area contributed by atoms with Crippen LogP contribution in [0.15, 0.2) is 48.7 Å². The van der Waals surface area contributed by atoms with Crippen LogP contribution in [0.4, 0.5) is 5.69 Å². The number of ether oxygens (including phenoxy) is 1. The van der Waals surface area contributed by atoms with Crippen LogP contribution in [-0.4, -0.2) is 10.9 Å². The van der Waals surface area contributed by atoms with Crippen molar-refractivity contribution >= 4 is 23.2 Å². The zero-order chi connectivity index (χ0) is 19.6. The van der Waals surface area contributed by atoms with Crippen molar-refractivity contribution in [2.75, 3.05) is 5.32 Å². The van der Waals surface area contributed by atoms with Crippen LogP contribution >= 0.6 is 11.6 Å². The number of carbonyl (C=O) groups excluding carboxylic acids is 1. The van der Waals surface area contributed by atoms with Crippen LogP contribution in [0, 0.1) is 27.7 Å². The Kier molecular flexibility index (Phi) is 5.47. The first-order chi connectivity index (χ1) is 12.8. The molecule has 1 N–H and O–H groups in total. The highest BCUT2D eigenvalue weighted by atomic mass is 35.5. The second kappa shape index (κ2) is 7.80. The zero-order valence-electron chi connectivity index (χ0n) is 15.8. The van der Waals surface area contributed by atoms with Gasteiger partial charge in [0.25, 0.3) is 5.91 Å². The molecule has 1 heterocycles. The Bertz CT molecular complexity index is 995. The first kappa shape index (κ1) is 18.9. The Morgan fingerprint density at radius 3 is 2.30 bits per heavy atom. The van der Waals surface area contributed by atoms with Crippen LogP contribution in [0.5, 0.6) is 11.6 Å². The molecule has 4 nitrogen and oxygen atoms in total. The second-order valence-electron chi connectivity index (χ2n) is 6.58. The maximum atomic E-state index is 12.6. The molecular weight excluding hydrogens is 360 g/mol. The Balaban J connectivity index is 1.79. The van der Waals surface area contributed by atoms with Crippen LogP contribution in [0.25, 0.3) is 0 Å². The summed E-state index contributed by atoms with van der Waals surface area (Å²) in [6.07, 6.45) is 1.60. The van der Waals surface area contributed by atoms with Crippen molar-refractivity contribution in [3.8, 4) is 11.6 Å². The van der Waals surface area contributed by atoms with E-state index in [9.17, 15) is 4.79 Å². The molecule has 0 aliphatic heterocycles. The second-order valence-corrected chi connectivity index (χ2v) is 7.02. The summed E-state index contributed by atoms with van der Waals surface area (Å²) in [5.41, 5.74) is 4.94. The summed E-state index contributed by atoms with van der Waals surface area (Å²) in [7, 11) is 0. The molecule has 0 bridgehead atoms. The van der Waals surface area contributed by atoms with Crippen LogP contribution in [0.3, 0.4) is 0 Å². The topological polar surface area (TPSA) is 51.2 Å². The first-order valence-electron chi connectivity index (χ1n) is 8.63. The van der Waals surface area contributed by atoms with Crippen molar-refractivity contribution < 1.29 is 9.53 Å². The van der Waals surface area contributed by atoms with Crippen LogP contribution in [0.1, 0.15) is 32.6 Å². The lowest BCUT2D eigenvalue weighted by atomic mass is 10.0. The number of amides is 1. The number of benzene rings is 2. The van der Waals surface area contributed by atoms with Gasteiger partial charge in [-0.1, -0.05) is 29.8 Å². The number of pyridine rings is 1. The molecule has 0 atom stereocenters. The van der Waals surface area contributed by atoms with Gasteiger partial charge in [-0.3, -0.25) is 4.79 Å². The van der Waals surface area contributed by atoms with E-state index in [0.717, 1.165) is 22.3 Å². The minimum atomic E-state index is -0.144. The Labute approximate surface area is 164 Å². The fourth-order valence-electron chi connectivity index (χ4n) is 2.94. The first-order valence-corrected chi connectivity index (χ1v) is 9.01. The number of hydrogen-bond acceptors (Lipinski definition) is 3. The molecule has 27 heavy (non-hydrogen) atoms. The molecule has 138 valence electrons. The van der Waals surface area contributed by atoms with Gasteiger partial charge in [0.15, 0.2) is 0 Å². The third-order valence-electron chi connectivity index (χ3n) is 4.34. The molecule has 0 radical (unpaired) electrons. The molecule has 2 aromatic carbocycles. The molecule has 5 heteroatoms. The largest absolute Gasteiger partial charge is 0.438 e. The van der Waals surface area contributed by atoms with E-state index in [0.29, 0.717) is 27.9 Å². The molecule has 0 fully saturated rings. The number of aryl methyl sites for hydroxylation is 4. The van der Waals surface area contributed by atoms with Crippen molar-refractivity contribution in [2.24, 2.45) is 0 Å². The number of anilines is 1. The monoisotopic (exact) mass is 380 g/mol.